The third-order valence-electron chi connectivity index (χ3n) is 4.76. The van der Waals surface area contributed by atoms with Gasteiger partial charge in [-0.25, -0.2) is 17.5 Å². The Morgan fingerprint density at radius 2 is 1.66 bits per heavy atom. The fourth-order valence-electron chi connectivity index (χ4n) is 3.22. The molecule has 0 saturated heterocycles. The largest absolute Gasteiger partial charge is 0.340 e. The van der Waals surface area contributed by atoms with E-state index in [1.54, 1.807) is 45.3 Å². The Bertz CT molecular complexity index is 1270. The van der Waals surface area contributed by atoms with Gasteiger partial charge in [0.2, 0.25) is 15.9 Å². The maximum absolute atomic E-state index is 13.2. The summed E-state index contributed by atoms with van der Waals surface area (Å²) < 4.78 is 40.8. The Balaban J connectivity index is 1.77. The van der Waals surface area contributed by atoms with Crippen molar-refractivity contribution in [1.82, 2.24) is 15.0 Å². The van der Waals surface area contributed by atoms with Gasteiger partial charge in [0.1, 0.15) is 11.9 Å². The van der Waals surface area contributed by atoms with Gasteiger partial charge < -0.3 is 10.6 Å². The van der Waals surface area contributed by atoms with Crippen LogP contribution in [0.1, 0.15) is 36.7 Å². The zero-order valence-electron chi connectivity index (χ0n) is 19.6. The lowest BCUT2D eigenvalue weighted by molar-refractivity contribution is -0.118. The molecule has 1 heterocycles. The van der Waals surface area contributed by atoms with Gasteiger partial charge in [-0.15, -0.1) is 0 Å². The highest BCUT2D eigenvalue weighted by Crippen LogP contribution is 2.17. The molecule has 0 radical (unpaired) electrons. The van der Waals surface area contributed by atoms with Gasteiger partial charge in [0.15, 0.2) is 0 Å². The molecule has 0 aliphatic rings. The molecule has 2 aromatic carbocycles. The lowest BCUT2D eigenvalue weighted by atomic mass is 10.1. The summed E-state index contributed by atoms with van der Waals surface area (Å²) in [5.74, 6) is -1.52. The number of hydrogen-bond acceptors (Lipinski definition) is 5. The average Bonchev–Trinajstić information content (AvgIpc) is 2.78. The van der Waals surface area contributed by atoms with Gasteiger partial charge >= 0.3 is 0 Å². The van der Waals surface area contributed by atoms with Crippen molar-refractivity contribution in [3.63, 3.8) is 0 Å². The number of pyridine rings is 1. The first-order chi connectivity index (χ1) is 16.4. The normalized spacial score (nSPS) is 12.6. The van der Waals surface area contributed by atoms with E-state index < -0.39 is 39.2 Å². The smallest absolute Gasteiger partial charge is 0.251 e. The number of sulfonamides is 1. The fraction of sp³-hybridized carbons (Fsp3) is 0.240. The highest BCUT2D eigenvalue weighted by Gasteiger charge is 2.24. The van der Waals surface area contributed by atoms with Crippen LogP contribution in [0.3, 0.4) is 0 Å². The Hall–Kier alpha value is -3.63. The first-order valence-corrected chi connectivity index (χ1v) is 12.3. The highest BCUT2D eigenvalue weighted by atomic mass is 32.2. The molecule has 3 aromatic rings. The van der Waals surface area contributed by atoms with Gasteiger partial charge in [0.25, 0.3) is 5.91 Å². The number of nitrogens with zero attached hydrogens (tertiary/aromatic N) is 1. The van der Waals surface area contributed by atoms with Gasteiger partial charge in [-0.2, -0.15) is 0 Å². The number of amides is 2. The average molecular weight is 499 g/mol. The van der Waals surface area contributed by atoms with E-state index in [2.05, 4.69) is 20.3 Å². The molecule has 0 spiro atoms. The fourth-order valence-corrected chi connectivity index (χ4v) is 4.63. The van der Waals surface area contributed by atoms with E-state index in [1.807, 2.05) is 0 Å². The Morgan fingerprint density at radius 1 is 1.00 bits per heavy atom. The molecular formula is C25H27FN4O4S. The Morgan fingerprint density at radius 3 is 2.23 bits per heavy atom. The summed E-state index contributed by atoms with van der Waals surface area (Å²) in [7, 11) is -3.72. The van der Waals surface area contributed by atoms with Crippen molar-refractivity contribution >= 4 is 27.5 Å². The number of benzene rings is 2. The van der Waals surface area contributed by atoms with Crippen LogP contribution in [0.15, 0.2) is 78.0 Å². The molecule has 1 aromatic heterocycles. The number of nitrogens with one attached hydrogen (secondary N) is 3. The van der Waals surface area contributed by atoms with Crippen molar-refractivity contribution in [3.05, 3.63) is 90.0 Å². The molecule has 2 amide bonds. The van der Waals surface area contributed by atoms with Crippen LogP contribution in [-0.4, -0.2) is 36.8 Å². The summed E-state index contributed by atoms with van der Waals surface area (Å²) in [5, 5.41) is 5.38. The van der Waals surface area contributed by atoms with Crippen molar-refractivity contribution < 1.29 is 22.4 Å². The summed E-state index contributed by atoms with van der Waals surface area (Å²) in [6.07, 6.45) is 3.35. The third kappa shape index (κ3) is 7.69. The summed E-state index contributed by atoms with van der Waals surface area (Å²) in [4.78, 5) is 29.8. The highest BCUT2D eigenvalue weighted by molar-refractivity contribution is 7.89. The number of halogens is 1. The van der Waals surface area contributed by atoms with Crippen LogP contribution >= 0.6 is 0 Å². The predicted molar refractivity (Wildman–Crippen MR) is 131 cm³/mol. The van der Waals surface area contributed by atoms with Gasteiger partial charge in [0.05, 0.1) is 4.90 Å². The topological polar surface area (TPSA) is 117 Å². The van der Waals surface area contributed by atoms with E-state index in [9.17, 15) is 22.4 Å². The van der Waals surface area contributed by atoms with E-state index in [-0.39, 0.29) is 16.9 Å². The molecule has 0 aliphatic heterocycles. The van der Waals surface area contributed by atoms with Crippen LogP contribution in [0.25, 0.3) is 0 Å². The van der Waals surface area contributed by atoms with Crippen molar-refractivity contribution in [2.45, 2.75) is 43.7 Å². The molecule has 184 valence electrons. The van der Waals surface area contributed by atoms with Crippen LogP contribution in [-0.2, 0) is 21.2 Å². The standard InChI is InChI=1S/C25H27FN4O4S/c1-25(2,3)30-35(33,34)21-12-10-20(11-13-21)28-24(32)22(15-17-5-4-14-27-16-17)29-23(31)18-6-8-19(26)9-7-18/h4-14,16,22,30H,15H2,1-3H3,(H,28,32)(H,29,31). The molecule has 1 unspecified atom stereocenters. The van der Waals surface area contributed by atoms with Gasteiger partial charge in [-0.3, -0.25) is 14.6 Å². The minimum absolute atomic E-state index is 0.0574. The molecule has 1 atom stereocenters. The SMILES string of the molecule is CC(C)(C)NS(=O)(=O)c1ccc(NC(=O)C(Cc2cccnc2)NC(=O)c2ccc(F)cc2)cc1. The summed E-state index contributed by atoms with van der Waals surface area (Å²) in [6, 6.07) is 13.2. The van der Waals surface area contributed by atoms with Crippen LogP contribution in [0, 0.1) is 5.82 Å². The molecule has 0 aliphatic carbocycles. The molecule has 35 heavy (non-hydrogen) atoms. The van der Waals surface area contributed by atoms with Crippen LogP contribution < -0.4 is 15.4 Å². The number of rotatable bonds is 8. The number of carbonyl (C=O) groups excluding carboxylic acids is 2. The Labute approximate surface area is 204 Å². The molecule has 0 fully saturated rings. The van der Waals surface area contributed by atoms with Crippen LogP contribution in [0.5, 0.6) is 0 Å². The van der Waals surface area contributed by atoms with E-state index in [0.717, 1.165) is 17.7 Å². The second-order valence-corrected chi connectivity index (χ2v) is 10.6. The van der Waals surface area contributed by atoms with Crippen LogP contribution in [0.4, 0.5) is 10.1 Å². The predicted octanol–water partition coefficient (Wildman–Crippen LogP) is 3.28. The van der Waals surface area contributed by atoms with Crippen molar-refractivity contribution in [3.8, 4) is 0 Å². The van der Waals surface area contributed by atoms with Gasteiger partial charge in [-0.1, -0.05) is 6.07 Å². The molecule has 3 rings (SSSR count). The van der Waals surface area contributed by atoms with Crippen LogP contribution in [0.2, 0.25) is 0 Å². The molecule has 3 N–H and O–H groups in total. The monoisotopic (exact) mass is 498 g/mol. The molecule has 0 bridgehead atoms. The number of anilines is 1. The second-order valence-electron chi connectivity index (χ2n) is 8.97. The lowest BCUT2D eigenvalue weighted by Gasteiger charge is -2.21. The van der Waals surface area contributed by atoms with Crippen molar-refractivity contribution in [2.24, 2.45) is 0 Å². The van der Waals surface area contributed by atoms with Gasteiger partial charge in [0, 0.05) is 35.6 Å². The minimum Gasteiger partial charge on any atom is -0.340 e. The van der Waals surface area contributed by atoms with Crippen molar-refractivity contribution in [1.29, 1.82) is 0 Å². The number of carbonyl (C=O) groups is 2. The van der Waals surface area contributed by atoms with E-state index in [4.69, 9.17) is 0 Å². The maximum atomic E-state index is 13.2. The first kappa shape index (κ1) is 26.0. The van der Waals surface area contributed by atoms with E-state index in [0.29, 0.717) is 5.69 Å². The first-order valence-electron chi connectivity index (χ1n) is 10.8. The molecule has 8 nitrogen and oxygen atoms in total. The molecular weight excluding hydrogens is 471 g/mol. The lowest BCUT2D eigenvalue weighted by Crippen LogP contribution is -2.45. The number of hydrogen-bond donors (Lipinski definition) is 3. The van der Waals surface area contributed by atoms with Crippen molar-refractivity contribution in [2.75, 3.05) is 5.32 Å². The summed E-state index contributed by atoms with van der Waals surface area (Å²) >= 11 is 0. The second kappa shape index (κ2) is 10.7. The van der Waals surface area contributed by atoms with Gasteiger partial charge in [-0.05, 0) is 80.9 Å². The molecule has 0 saturated carbocycles. The minimum atomic E-state index is -3.72. The number of aromatic nitrogens is 1. The molecule has 10 heteroatoms. The third-order valence-corrected chi connectivity index (χ3v) is 6.54. The summed E-state index contributed by atoms with van der Waals surface area (Å²) in [5.41, 5.74) is 0.642. The maximum Gasteiger partial charge on any atom is 0.251 e. The Kier molecular flexibility index (Phi) is 7.98. The van der Waals surface area contributed by atoms with E-state index >= 15 is 0 Å². The zero-order valence-corrected chi connectivity index (χ0v) is 20.4. The zero-order chi connectivity index (χ0) is 25.6. The van der Waals surface area contributed by atoms with E-state index in [1.165, 1.54) is 36.4 Å². The summed E-state index contributed by atoms with van der Waals surface area (Å²) in [6.45, 7) is 5.21. The quantitative estimate of drug-likeness (QED) is 0.441.